The van der Waals surface area contributed by atoms with Crippen molar-refractivity contribution < 1.29 is 17.9 Å². The Balaban J connectivity index is 1.52. The topological polar surface area (TPSA) is 75.7 Å². The number of hydrogen-bond acceptors (Lipinski definition) is 5. The van der Waals surface area contributed by atoms with Crippen LogP contribution in [-0.2, 0) is 32.3 Å². The number of anilines is 1. The average Bonchev–Trinajstić information content (AvgIpc) is 2.81. The van der Waals surface area contributed by atoms with Gasteiger partial charge in [-0.3, -0.25) is 9.69 Å². The number of nitrogens with one attached hydrogen (secondary N) is 1. The van der Waals surface area contributed by atoms with Crippen molar-refractivity contribution in [2.75, 3.05) is 37.4 Å². The average molecular weight is 473 g/mol. The molecule has 7 heteroatoms. The summed E-state index contributed by atoms with van der Waals surface area (Å²) in [6.45, 7) is 8.68. The zero-order valence-electron chi connectivity index (χ0n) is 19.8. The molecule has 1 fully saturated rings. The summed E-state index contributed by atoms with van der Waals surface area (Å²) in [6.07, 6.45) is 3.61. The molecule has 0 radical (unpaired) electrons. The lowest BCUT2D eigenvalue weighted by Gasteiger charge is -2.29. The first kappa shape index (κ1) is 25.4. The highest BCUT2D eigenvalue weighted by atomic mass is 32.2. The minimum absolute atomic E-state index is 0.0641. The number of amides is 1. The number of benzene rings is 2. The zero-order valence-corrected chi connectivity index (χ0v) is 20.6. The van der Waals surface area contributed by atoms with E-state index in [9.17, 15) is 13.2 Å². The fraction of sp³-hybridized carbons (Fsp3) is 0.500. The summed E-state index contributed by atoms with van der Waals surface area (Å²) in [5.74, 6) is 0.648. The van der Waals surface area contributed by atoms with Crippen LogP contribution in [0.25, 0.3) is 0 Å². The molecular formula is C26H36N2O4S. The molecule has 0 atom stereocenters. The Hall–Kier alpha value is -2.22. The van der Waals surface area contributed by atoms with Gasteiger partial charge in [-0.05, 0) is 67.1 Å². The molecule has 1 aliphatic rings. The van der Waals surface area contributed by atoms with Gasteiger partial charge < -0.3 is 10.1 Å². The first-order valence-electron chi connectivity index (χ1n) is 11.9. The predicted octanol–water partition coefficient (Wildman–Crippen LogP) is 4.30. The van der Waals surface area contributed by atoms with Gasteiger partial charge in [-0.1, -0.05) is 38.1 Å². The second-order valence-corrected chi connectivity index (χ2v) is 11.0. The van der Waals surface area contributed by atoms with E-state index in [-0.39, 0.29) is 18.1 Å². The van der Waals surface area contributed by atoms with E-state index in [1.165, 1.54) is 5.56 Å². The minimum Gasteiger partial charge on any atom is -0.381 e. The Kier molecular flexibility index (Phi) is 9.47. The number of nitrogens with zero attached hydrogens (tertiary/aromatic N) is 1. The molecule has 0 bridgehead atoms. The van der Waals surface area contributed by atoms with Crippen LogP contribution in [0.15, 0.2) is 53.4 Å². The number of hydrogen-bond donors (Lipinski definition) is 1. The Morgan fingerprint density at radius 2 is 1.64 bits per heavy atom. The number of sulfone groups is 1. The molecule has 0 unspecified atom stereocenters. The molecule has 0 spiro atoms. The van der Waals surface area contributed by atoms with Gasteiger partial charge in [0.15, 0.2) is 9.84 Å². The molecule has 0 aliphatic carbocycles. The second-order valence-electron chi connectivity index (χ2n) is 8.76. The molecule has 3 rings (SSSR count). The first-order chi connectivity index (χ1) is 15.9. The molecule has 1 saturated heterocycles. The number of rotatable bonds is 11. The molecule has 33 heavy (non-hydrogen) atoms. The van der Waals surface area contributed by atoms with Crippen LogP contribution in [0.4, 0.5) is 5.69 Å². The normalized spacial score (nSPS) is 15.0. The molecule has 1 aliphatic heterocycles. The van der Waals surface area contributed by atoms with Crippen molar-refractivity contribution in [3.63, 3.8) is 0 Å². The van der Waals surface area contributed by atoms with E-state index in [0.29, 0.717) is 10.8 Å². The Morgan fingerprint density at radius 1 is 1.00 bits per heavy atom. The van der Waals surface area contributed by atoms with E-state index in [1.807, 2.05) is 12.1 Å². The first-order valence-corrected chi connectivity index (χ1v) is 13.6. The van der Waals surface area contributed by atoms with Gasteiger partial charge in [0, 0.05) is 32.0 Å². The Morgan fingerprint density at radius 3 is 2.24 bits per heavy atom. The van der Waals surface area contributed by atoms with Crippen molar-refractivity contribution in [2.45, 2.75) is 51.0 Å². The van der Waals surface area contributed by atoms with E-state index >= 15 is 0 Å². The molecule has 1 heterocycles. The van der Waals surface area contributed by atoms with E-state index in [2.05, 4.69) is 29.3 Å². The highest BCUT2D eigenvalue weighted by Crippen LogP contribution is 2.19. The van der Waals surface area contributed by atoms with Crippen molar-refractivity contribution in [1.29, 1.82) is 0 Å². The van der Waals surface area contributed by atoms with E-state index in [0.717, 1.165) is 63.4 Å². The lowest BCUT2D eigenvalue weighted by atomic mass is 9.99. The summed E-state index contributed by atoms with van der Waals surface area (Å²) in [7, 11) is -3.23. The number of carbonyl (C=O) groups excluding carboxylic acids is 1. The van der Waals surface area contributed by atoms with Gasteiger partial charge in [0.1, 0.15) is 0 Å². The third kappa shape index (κ3) is 7.95. The van der Waals surface area contributed by atoms with Gasteiger partial charge in [-0.25, -0.2) is 8.42 Å². The fourth-order valence-corrected chi connectivity index (χ4v) is 5.05. The maximum Gasteiger partial charge on any atom is 0.228 e. The van der Waals surface area contributed by atoms with E-state index < -0.39 is 9.84 Å². The number of carbonyl (C=O) groups is 1. The quantitative estimate of drug-likeness (QED) is 0.528. The number of ether oxygens (including phenoxy) is 1. The maximum atomic E-state index is 12.4. The third-order valence-corrected chi connectivity index (χ3v) is 7.82. The van der Waals surface area contributed by atoms with Crippen LogP contribution in [0.2, 0.25) is 0 Å². The molecule has 180 valence electrons. The molecule has 0 saturated carbocycles. The van der Waals surface area contributed by atoms with Crippen LogP contribution in [0.5, 0.6) is 0 Å². The largest absolute Gasteiger partial charge is 0.381 e. The third-order valence-electron chi connectivity index (χ3n) is 6.07. The Bertz CT molecular complexity index is 982. The standard InChI is InChI=1S/C26H36N2O4S/c1-3-15-28(20-23-13-16-32-17-14-23)19-22-5-9-24(10-6-22)27-26(29)18-21-7-11-25(12-8-21)33(30,31)4-2/h5-12,23H,3-4,13-20H2,1-2H3,(H,27,29). The minimum atomic E-state index is -3.23. The van der Waals surface area contributed by atoms with Crippen molar-refractivity contribution in [3.05, 3.63) is 59.7 Å². The van der Waals surface area contributed by atoms with Crippen molar-refractivity contribution in [2.24, 2.45) is 5.92 Å². The molecule has 1 N–H and O–H groups in total. The van der Waals surface area contributed by atoms with Gasteiger partial charge in [0.05, 0.1) is 17.1 Å². The van der Waals surface area contributed by atoms with Crippen LogP contribution in [0, 0.1) is 5.92 Å². The molecule has 6 nitrogen and oxygen atoms in total. The van der Waals surface area contributed by atoms with Gasteiger partial charge in [-0.2, -0.15) is 0 Å². The lowest BCUT2D eigenvalue weighted by Crippen LogP contribution is -2.32. The monoisotopic (exact) mass is 472 g/mol. The van der Waals surface area contributed by atoms with Gasteiger partial charge in [0.25, 0.3) is 0 Å². The van der Waals surface area contributed by atoms with Crippen molar-refractivity contribution in [3.8, 4) is 0 Å². The van der Waals surface area contributed by atoms with Gasteiger partial charge in [0.2, 0.25) is 5.91 Å². The molecule has 1 amide bonds. The summed E-state index contributed by atoms with van der Waals surface area (Å²) in [4.78, 5) is 15.3. The molecule has 2 aromatic rings. The van der Waals surface area contributed by atoms with E-state index in [4.69, 9.17) is 4.74 Å². The van der Waals surface area contributed by atoms with Gasteiger partial charge >= 0.3 is 0 Å². The molecular weight excluding hydrogens is 436 g/mol. The van der Waals surface area contributed by atoms with Crippen molar-refractivity contribution in [1.82, 2.24) is 4.90 Å². The Labute approximate surface area is 198 Å². The van der Waals surface area contributed by atoms with Gasteiger partial charge in [-0.15, -0.1) is 0 Å². The highest BCUT2D eigenvalue weighted by Gasteiger charge is 2.17. The van der Waals surface area contributed by atoms with Crippen LogP contribution in [0.1, 0.15) is 44.2 Å². The summed E-state index contributed by atoms with van der Waals surface area (Å²) in [5, 5.41) is 2.93. The van der Waals surface area contributed by atoms with Crippen molar-refractivity contribution >= 4 is 21.4 Å². The van der Waals surface area contributed by atoms with E-state index in [1.54, 1.807) is 31.2 Å². The predicted molar refractivity (Wildman–Crippen MR) is 132 cm³/mol. The van der Waals surface area contributed by atoms with Crippen LogP contribution >= 0.6 is 0 Å². The second kappa shape index (κ2) is 12.3. The summed E-state index contributed by atoms with van der Waals surface area (Å²) >= 11 is 0. The lowest BCUT2D eigenvalue weighted by molar-refractivity contribution is -0.115. The maximum absolute atomic E-state index is 12.4. The van der Waals surface area contributed by atoms with Crippen LogP contribution in [-0.4, -0.2) is 51.3 Å². The molecule has 2 aromatic carbocycles. The summed E-state index contributed by atoms with van der Waals surface area (Å²) in [5.41, 5.74) is 2.78. The summed E-state index contributed by atoms with van der Waals surface area (Å²) in [6, 6.07) is 14.6. The SMILES string of the molecule is CCCN(Cc1ccc(NC(=O)Cc2ccc(S(=O)(=O)CC)cc2)cc1)CC1CCOCC1. The fourth-order valence-electron chi connectivity index (χ4n) is 4.17. The summed E-state index contributed by atoms with van der Waals surface area (Å²) < 4.78 is 29.3. The molecule has 0 aromatic heterocycles. The highest BCUT2D eigenvalue weighted by molar-refractivity contribution is 7.91. The zero-order chi connectivity index (χ0) is 23.7. The van der Waals surface area contributed by atoms with Crippen LogP contribution in [0.3, 0.4) is 0 Å². The van der Waals surface area contributed by atoms with Crippen LogP contribution < -0.4 is 5.32 Å². The smallest absolute Gasteiger partial charge is 0.228 e.